The number of ether oxygens (including phenoxy) is 4. The Morgan fingerprint density at radius 3 is 2.04 bits per heavy atom. The summed E-state index contributed by atoms with van der Waals surface area (Å²) in [6, 6.07) is 0. The Hall–Kier alpha value is -1.89. The molecule has 0 spiro atoms. The average Bonchev–Trinajstić information content (AvgIpc) is 2.50. The zero-order valence-electron chi connectivity index (χ0n) is 15.3. The standard InChI is InChI=1S/C17H28O7/c1-7-22-13(18)11-9-10-12-16(3,4)24-17(5,14(19)21-6)15(20)23-8-2/h9,11H,7-8,10,12H2,1-6H3/b11-9+. The van der Waals surface area contributed by atoms with Crippen molar-refractivity contribution in [3.8, 4) is 0 Å². The quantitative estimate of drug-likeness (QED) is 0.260. The number of methoxy groups -OCH3 is 1. The normalized spacial score (nSPS) is 14.1. The van der Waals surface area contributed by atoms with Gasteiger partial charge in [-0.2, -0.15) is 0 Å². The van der Waals surface area contributed by atoms with E-state index in [0.29, 0.717) is 19.4 Å². The van der Waals surface area contributed by atoms with Crippen molar-refractivity contribution in [2.75, 3.05) is 20.3 Å². The van der Waals surface area contributed by atoms with Gasteiger partial charge in [0.25, 0.3) is 5.60 Å². The average molecular weight is 344 g/mol. The first-order chi connectivity index (χ1) is 11.1. The third-order valence-electron chi connectivity index (χ3n) is 3.17. The topological polar surface area (TPSA) is 88.1 Å². The van der Waals surface area contributed by atoms with E-state index in [0.717, 1.165) is 0 Å². The first-order valence-electron chi connectivity index (χ1n) is 7.92. The molecular weight excluding hydrogens is 316 g/mol. The van der Waals surface area contributed by atoms with E-state index in [1.54, 1.807) is 33.8 Å². The van der Waals surface area contributed by atoms with Gasteiger partial charge in [-0.3, -0.25) is 0 Å². The van der Waals surface area contributed by atoms with Crippen molar-refractivity contribution in [2.24, 2.45) is 0 Å². The minimum Gasteiger partial charge on any atom is -0.466 e. The van der Waals surface area contributed by atoms with Crippen LogP contribution in [-0.2, 0) is 33.3 Å². The van der Waals surface area contributed by atoms with Crippen LogP contribution in [0.25, 0.3) is 0 Å². The molecule has 0 heterocycles. The van der Waals surface area contributed by atoms with Crippen LogP contribution in [0.5, 0.6) is 0 Å². The van der Waals surface area contributed by atoms with Crippen molar-refractivity contribution in [1.29, 1.82) is 0 Å². The van der Waals surface area contributed by atoms with Crippen molar-refractivity contribution in [2.45, 2.75) is 58.7 Å². The Bertz CT molecular complexity index is 468. The Kier molecular flexibility index (Phi) is 9.28. The predicted molar refractivity (Wildman–Crippen MR) is 87.2 cm³/mol. The SMILES string of the molecule is CCOC(=O)/C=C/CCC(C)(C)OC(C)(C(=O)OC)C(=O)OCC. The van der Waals surface area contributed by atoms with Crippen molar-refractivity contribution in [3.63, 3.8) is 0 Å². The van der Waals surface area contributed by atoms with Crippen LogP contribution in [0.2, 0.25) is 0 Å². The third-order valence-corrected chi connectivity index (χ3v) is 3.17. The van der Waals surface area contributed by atoms with Crippen LogP contribution in [0.15, 0.2) is 12.2 Å². The molecule has 0 saturated carbocycles. The lowest BCUT2D eigenvalue weighted by Gasteiger charge is -2.34. The second kappa shape index (κ2) is 10.1. The molecule has 138 valence electrons. The van der Waals surface area contributed by atoms with Gasteiger partial charge in [0.1, 0.15) is 0 Å². The van der Waals surface area contributed by atoms with Gasteiger partial charge in [0.15, 0.2) is 0 Å². The van der Waals surface area contributed by atoms with Crippen LogP contribution in [0.4, 0.5) is 0 Å². The van der Waals surface area contributed by atoms with E-state index in [1.807, 2.05) is 0 Å². The lowest BCUT2D eigenvalue weighted by atomic mass is 9.99. The van der Waals surface area contributed by atoms with Crippen LogP contribution in [0.3, 0.4) is 0 Å². The molecule has 0 N–H and O–H groups in total. The number of carbonyl (C=O) groups excluding carboxylic acids is 3. The van der Waals surface area contributed by atoms with E-state index in [1.165, 1.54) is 20.1 Å². The molecule has 0 amide bonds. The summed E-state index contributed by atoms with van der Waals surface area (Å²) >= 11 is 0. The van der Waals surface area contributed by atoms with Crippen molar-refractivity contribution >= 4 is 17.9 Å². The van der Waals surface area contributed by atoms with Gasteiger partial charge in [-0.15, -0.1) is 0 Å². The molecule has 0 fully saturated rings. The number of esters is 3. The van der Waals surface area contributed by atoms with Crippen LogP contribution in [0.1, 0.15) is 47.5 Å². The second-order valence-corrected chi connectivity index (χ2v) is 5.80. The summed E-state index contributed by atoms with van der Waals surface area (Å²) in [5.74, 6) is -2.04. The highest BCUT2D eigenvalue weighted by Gasteiger charge is 2.48. The van der Waals surface area contributed by atoms with E-state index in [9.17, 15) is 14.4 Å². The molecule has 0 rings (SSSR count). The molecule has 0 saturated heterocycles. The summed E-state index contributed by atoms with van der Waals surface area (Å²) < 4.78 is 20.1. The molecule has 0 aromatic rings. The van der Waals surface area contributed by atoms with Gasteiger partial charge in [-0.05, 0) is 47.5 Å². The number of rotatable bonds is 10. The fraction of sp³-hybridized carbons (Fsp3) is 0.706. The van der Waals surface area contributed by atoms with Gasteiger partial charge < -0.3 is 18.9 Å². The maximum atomic E-state index is 12.1. The van der Waals surface area contributed by atoms with Crippen LogP contribution in [0, 0.1) is 0 Å². The zero-order chi connectivity index (χ0) is 18.8. The van der Waals surface area contributed by atoms with Crippen molar-refractivity contribution in [1.82, 2.24) is 0 Å². The Balaban J connectivity index is 4.90. The van der Waals surface area contributed by atoms with E-state index in [-0.39, 0.29) is 6.61 Å². The third kappa shape index (κ3) is 7.12. The Morgan fingerprint density at radius 2 is 1.54 bits per heavy atom. The maximum Gasteiger partial charge on any atom is 0.350 e. The van der Waals surface area contributed by atoms with E-state index in [4.69, 9.17) is 14.2 Å². The lowest BCUT2D eigenvalue weighted by molar-refractivity contribution is -0.204. The largest absolute Gasteiger partial charge is 0.466 e. The fourth-order valence-electron chi connectivity index (χ4n) is 2.03. The molecule has 1 atom stereocenters. The van der Waals surface area contributed by atoms with Gasteiger partial charge >= 0.3 is 17.9 Å². The number of carbonyl (C=O) groups is 3. The highest BCUT2D eigenvalue weighted by atomic mass is 16.6. The molecule has 7 heteroatoms. The smallest absolute Gasteiger partial charge is 0.350 e. The van der Waals surface area contributed by atoms with E-state index < -0.39 is 29.1 Å². The summed E-state index contributed by atoms with van der Waals surface area (Å²) in [7, 11) is 1.18. The summed E-state index contributed by atoms with van der Waals surface area (Å²) in [5.41, 5.74) is -2.67. The number of allylic oxidation sites excluding steroid dienone is 1. The molecule has 7 nitrogen and oxygen atoms in total. The van der Waals surface area contributed by atoms with Gasteiger partial charge in [-0.1, -0.05) is 6.08 Å². The molecule has 0 bridgehead atoms. The first-order valence-corrected chi connectivity index (χ1v) is 7.92. The predicted octanol–water partition coefficient (Wildman–Crippen LogP) is 2.18. The van der Waals surface area contributed by atoms with Gasteiger partial charge in [0.05, 0.1) is 25.9 Å². The molecule has 0 aliphatic rings. The molecule has 24 heavy (non-hydrogen) atoms. The van der Waals surface area contributed by atoms with Gasteiger partial charge in [0, 0.05) is 6.08 Å². The highest BCUT2D eigenvalue weighted by Crippen LogP contribution is 2.27. The molecular formula is C17H28O7. The summed E-state index contributed by atoms with van der Waals surface area (Å²) in [6.45, 7) is 8.61. The van der Waals surface area contributed by atoms with Crippen molar-refractivity contribution in [3.05, 3.63) is 12.2 Å². The summed E-state index contributed by atoms with van der Waals surface area (Å²) in [5, 5.41) is 0. The zero-order valence-corrected chi connectivity index (χ0v) is 15.3. The van der Waals surface area contributed by atoms with E-state index in [2.05, 4.69) is 4.74 Å². The molecule has 0 aliphatic carbocycles. The Morgan fingerprint density at radius 1 is 0.958 bits per heavy atom. The molecule has 0 aliphatic heterocycles. The lowest BCUT2D eigenvalue weighted by Crippen LogP contribution is -2.52. The minimum absolute atomic E-state index is 0.123. The van der Waals surface area contributed by atoms with Crippen LogP contribution in [-0.4, -0.2) is 49.4 Å². The van der Waals surface area contributed by atoms with Crippen LogP contribution >= 0.6 is 0 Å². The summed E-state index contributed by atoms with van der Waals surface area (Å²) in [4.78, 5) is 35.3. The molecule has 0 aromatic carbocycles. The number of hydrogen-bond acceptors (Lipinski definition) is 7. The minimum atomic E-state index is -1.85. The highest BCUT2D eigenvalue weighted by molar-refractivity contribution is 6.03. The summed E-state index contributed by atoms with van der Waals surface area (Å²) in [6.07, 6.45) is 3.97. The second-order valence-electron chi connectivity index (χ2n) is 5.80. The maximum absolute atomic E-state index is 12.1. The molecule has 0 radical (unpaired) electrons. The van der Waals surface area contributed by atoms with E-state index >= 15 is 0 Å². The number of hydrogen-bond donors (Lipinski definition) is 0. The Labute approximate surface area is 143 Å². The van der Waals surface area contributed by atoms with Crippen LogP contribution < -0.4 is 0 Å². The molecule has 0 aromatic heterocycles. The molecule has 1 unspecified atom stereocenters. The monoisotopic (exact) mass is 344 g/mol. The van der Waals surface area contributed by atoms with Gasteiger partial charge in [0.2, 0.25) is 0 Å². The fourth-order valence-corrected chi connectivity index (χ4v) is 2.03. The first kappa shape index (κ1) is 22.1. The van der Waals surface area contributed by atoms with Gasteiger partial charge in [-0.25, -0.2) is 14.4 Å². The van der Waals surface area contributed by atoms with Crippen molar-refractivity contribution < 1.29 is 33.3 Å².